The summed E-state index contributed by atoms with van der Waals surface area (Å²) in [4.78, 5) is 10.2. The van der Waals surface area contributed by atoms with Crippen molar-refractivity contribution in [3.63, 3.8) is 0 Å². The largest absolute Gasteiger partial charge is 0.357 e. The molecule has 23 heavy (non-hydrogen) atoms. The molecule has 0 bridgehead atoms. The van der Waals surface area contributed by atoms with E-state index in [4.69, 9.17) is 0 Å². The van der Waals surface area contributed by atoms with E-state index in [1.165, 1.54) is 17.0 Å². The second-order valence-electron chi connectivity index (χ2n) is 5.07. The van der Waals surface area contributed by atoms with Crippen LogP contribution < -0.4 is 10.6 Å². The molecule has 0 aliphatic rings. The molecule has 6 heteroatoms. The topological polar surface area (TPSA) is 49.3 Å². The van der Waals surface area contributed by atoms with Crippen molar-refractivity contribution < 1.29 is 4.39 Å². The van der Waals surface area contributed by atoms with E-state index in [9.17, 15) is 4.39 Å². The van der Waals surface area contributed by atoms with Crippen LogP contribution in [0, 0.1) is 5.82 Å². The lowest BCUT2D eigenvalue weighted by Gasteiger charge is -2.11. The lowest BCUT2D eigenvalue weighted by molar-refractivity contribution is 0.626. The summed E-state index contributed by atoms with van der Waals surface area (Å²) >= 11 is 1.71. The minimum absolute atomic E-state index is 0.202. The normalized spacial score (nSPS) is 11.5. The molecular formula is C17H23FN4S. The first kappa shape index (κ1) is 17.4. The molecule has 124 valence electrons. The summed E-state index contributed by atoms with van der Waals surface area (Å²) in [7, 11) is 0. The highest BCUT2D eigenvalue weighted by Gasteiger charge is 2.02. The molecular weight excluding hydrogens is 311 g/mol. The van der Waals surface area contributed by atoms with E-state index in [1.807, 2.05) is 25.3 Å². The minimum Gasteiger partial charge on any atom is -0.357 e. The second kappa shape index (κ2) is 9.25. The number of aliphatic imine (C=N–C) groups is 1. The fourth-order valence-electron chi connectivity index (χ4n) is 2.05. The molecule has 0 atom stereocenters. The monoisotopic (exact) mass is 334 g/mol. The van der Waals surface area contributed by atoms with Gasteiger partial charge in [0.15, 0.2) is 5.96 Å². The molecule has 0 aliphatic carbocycles. The average molecular weight is 334 g/mol. The van der Waals surface area contributed by atoms with E-state index in [2.05, 4.69) is 27.5 Å². The van der Waals surface area contributed by atoms with Crippen LogP contribution in [-0.4, -0.2) is 24.0 Å². The quantitative estimate of drug-likeness (QED) is 0.604. The van der Waals surface area contributed by atoms with Gasteiger partial charge in [0.2, 0.25) is 0 Å². The van der Waals surface area contributed by atoms with Crippen molar-refractivity contribution in [1.29, 1.82) is 0 Å². The van der Waals surface area contributed by atoms with Gasteiger partial charge in [0.05, 0.1) is 6.54 Å². The number of benzene rings is 1. The van der Waals surface area contributed by atoms with Gasteiger partial charge in [-0.05, 0) is 37.5 Å². The van der Waals surface area contributed by atoms with Crippen LogP contribution in [0.1, 0.15) is 29.3 Å². The molecule has 0 amide bonds. The smallest absolute Gasteiger partial charge is 0.191 e. The lowest BCUT2D eigenvalue weighted by Crippen LogP contribution is -2.38. The number of rotatable bonds is 7. The van der Waals surface area contributed by atoms with E-state index in [-0.39, 0.29) is 5.82 Å². The number of halogens is 1. The molecule has 0 aliphatic heterocycles. The Bertz CT molecular complexity index is 622. The number of guanidine groups is 1. The summed E-state index contributed by atoms with van der Waals surface area (Å²) in [5.74, 6) is 0.578. The highest BCUT2D eigenvalue weighted by Crippen LogP contribution is 2.13. The number of thiazole rings is 1. The fraction of sp³-hybridized carbons (Fsp3) is 0.412. The van der Waals surface area contributed by atoms with Crippen LogP contribution in [-0.2, 0) is 19.4 Å². The first-order chi connectivity index (χ1) is 11.2. The average Bonchev–Trinajstić information content (AvgIpc) is 3.02. The Morgan fingerprint density at radius 3 is 2.65 bits per heavy atom. The van der Waals surface area contributed by atoms with Crippen LogP contribution in [0.4, 0.5) is 4.39 Å². The van der Waals surface area contributed by atoms with Gasteiger partial charge in [0.25, 0.3) is 0 Å². The third-order valence-corrected chi connectivity index (χ3v) is 4.41. The molecule has 1 heterocycles. The van der Waals surface area contributed by atoms with Gasteiger partial charge in [0.1, 0.15) is 10.8 Å². The Morgan fingerprint density at radius 2 is 2.00 bits per heavy atom. The van der Waals surface area contributed by atoms with Crippen molar-refractivity contribution in [2.75, 3.05) is 13.1 Å². The van der Waals surface area contributed by atoms with Crippen molar-refractivity contribution in [3.05, 3.63) is 51.7 Å². The van der Waals surface area contributed by atoms with Crippen molar-refractivity contribution in [2.45, 2.75) is 33.2 Å². The zero-order valence-corrected chi connectivity index (χ0v) is 14.4. The van der Waals surface area contributed by atoms with Crippen LogP contribution >= 0.6 is 11.3 Å². The van der Waals surface area contributed by atoms with Gasteiger partial charge in [-0.1, -0.05) is 19.1 Å². The van der Waals surface area contributed by atoms with Gasteiger partial charge in [0, 0.05) is 24.2 Å². The number of nitrogens with zero attached hydrogens (tertiary/aromatic N) is 2. The van der Waals surface area contributed by atoms with Crippen LogP contribution in [0.15, 0.2) is 35.5 Å². The molecule has 2 aromatic rings. The van der Waals surface area contributed by atoms with E-state index in [0.29, 0.717) is 6.54 Å². The molecule has 2 rings (SSSR count). The Morgan fingerprint density at radius 1 is 1.22 bits per heavy atom. The van der Waals surface area contributed by atoms with Crippen molar-refractivity contribution in [2.24, 2.45) is 4.99 Å². The fourth-order valence-corrected chi connectivity index (χ4v) is 2.84. The summed E-state index contributed by atoms with van der Waals surface area (Å²) in [6.45, 7) is 6.30. The predicted molar refractivity (Wildman–Crippen MR) is 94.4 cm³/mol. The van der Waals surface area contributed by atoms with Gasteiger partial charge in [-0.2, -0.15) is 0 Å². The van der Waals surface area contributed by atoms with E-state index in [0.717, 1.165) is 42.5 Å². The zero-order valence-electron chi connectivity index (χ0n) is 13.6. The first-order valence-corrected chi connectivity index (χ1v) is 8.73. The Kier molecular flexibility index (Phi) is 7.00. The van der Waals surface area contributed by atoms with Crippen molar-refractivity contribution in [3.8, 4) is 0 Å². The van der Waals surface area contributed by atoms with Gasteiger partial charge in [-0.15, -0.1) is 11.3 Å². The molecule has 1 aromatic carbocycles. The summed E-state index contributed by atoms with van der Waals surface area (Å²) in [6, 6.07) is 6.59. The maximum atomic E-state index is 12.9. The number of hydrogen-bond acceptors (Lipinski definition) is 3. The summed E-state index contributed by atoms with van der Waals surface area (Å²) in [5.41, 5.74) is 1.10. The van der Waals surface area contributed by atoms with Gasteiger partial charge >= 0.3 is 0 Å². The highest BCUT2D eigenvalue weighted by atomic mass is 32.1. The van der Waals surface area contributed by atoms with Crippen LogP contribution in [0.5, 0.6) is 0 Å². The second-order valence-corrected chi connectivity index (χ2v) is 6.27. The molecule has 1 aromatic heterocycles. The molecule has 4 nitrogen and oxygen atoms in total. The van der Waals surface area contributed by atoms with E-state index in [1.54, 1.807) is 11.3 Å². The van der Waals surface area contributed by atoms with Crippen LogP contribution in [0.3, 0.4) is 0 Å². The third kappa shape index (κ3) is 5.98. The Balaban J connectivity index is 1.84. The molecule has 0 spiro atoms. The van der Waals surface area contributed by atoms with Gasteiger partial charge < -0.3 is 10.6 Å². The Hall–Kier alpha value is -1.95. The highest BCUT2D eigenvalue weighted by molar-refractivity contribution is 7.11. The SMILES string of the molecule is CCNC(=NCc1ncc(CC)s1)NCCc1ccc(F)cc1. The Labute approximate surface area is 140 Å². The molecule has 0 unspecified atom stereocenters. The number of aryl methyl sites for hydroxylation is 1. The zero-order chi connectivity index (χ0) is 16.5. The standard InChI is InChI=1S/C17H23FN4S/c1-3-15-11-21-16(23-15)12-22-17(19-4-2)20-10-9-13-5-7-14(18)8-6-13/h5-8,11H,3-4,9-10,12H2,1-2H3,(H2,19,20,22). The summed E-state index contributed by atoms with van der Waals surface area (Å²) < 4.78 is 12.9. The molecule has 0 saturated heterocycles. The molecule has 0 fully saturated rings. The van der Waals surface area contributed by atoms with Gasteiger partial charge in [-0.3, -0.25) is 0 Å². The van der Waals surface area contributed by atoms with Crippen LogP contribution in [0.2, 0.25) is 0 Å². The van der Waals surface area contributed by atoms with Crippen molar-refractivity contribution >= 4 is 17.3 Å². The first-order valence-electron chi connectivity index (χ1n) is 7.91. The number of nitrogens with one attached hydrogen (secondary N) is 2. The number of aromatic nitrogens is 1. The molecule has 2 N–H and O–H groups in total. The predicted octanol–water partition coefficient (Wildman–Crippen LogP) is 3.14. The van der Waals surface area contributed by atoms with Crippen LogP contribution in [0.25, 0.3) is 0 Å². The third-order valence-electron chi connectivity index (χ3n) is 3.29. The summed E-state index contributed by atoms with van der Waals surface area (Å²) in [5, 5.41) is 7.55. The van der Waals surface area contributed by atoms with Crippen molar-refractivity contribution in [1.82, 2.24) is 15.6 Å². The molecule has 0 radical (unpaired) electrons. The minimum atomic E-state index is -0.202. The van der Waals surface area contributed by atoms with E-state index < -0.39 is 0 Å². The van der Waals surface area contributed by atoms with Gasteiger partial charge in [-0.25, -0.2) is 14.4 Å². The van der Waals surface area contributed by atoms with E-state index >= 15 is 0 Å². The molecule has 0 saturated carbocycles. The maximum Gasteiger partial charge on any atom is 0.191 e. The number of hydrogen-bond donors (Lipinski definition) is 2. The summed E-state index contributed by atoms with van der Waals surface area (Å²) in [6.07, 6.45) is 3.75. The maximum absolute atomic E-state index is 12.9. The lowest BCUT2D eigenvalue weighted by atomic mass is 10.1.